The van der Waals surface area contributed by atoms with Crippen LogP contribution in [-0.4, -0.2) is 27.4 Å². The average Bonchev–Trinajstić information content (AvgIpc) is 2.75. The van der Waals surface area contributed by atoms with Crippen molar-refractivity contribution in [2.24, 2.45) is 7.05 Å². The molecule has 4 nitrogen and oxygen atoms in total. The fraction of sp³-hybridized carbons (Fsp3) is 0.231. The van der Waals surface area contributed by atoms with E-state index in [0.717, 1.165) is 10.0 Å². The highest BCUT2D eigenvalue weighted by atomic mass is 79.9. The Bertz CT molecular complexity index is 565. The SMILES string of the molecule is CN(Cc1cccc(Br)c1)C(=O)c1cn(C)cn1. The Hall–Kier alpha value is -1.62. The quantitative estimate of drug-likeness (QED) is 0.873. The third-order valence-electron chi connectivity index (χ3n) is 2.58. The molecule has 0 radical (unpaired) electrons. The lowest BCUT2D eigenvalue weighted by Crippen LogP contribution is -2.26. The molecule has 0 saturated carbocycles. The summed E-state index contributed by atoms with van der Waals surface area (Å²) in [6.07, 6.45) is 3.35. The molecule has 0 fully saturated rings. The van der Waals surface area contributed by atoms with Crippen LogP contribution in [0.1, 0.15) is 16.1 Å². The van der Waals surface area contributed by atoms with Crippen LogP contribution in [0.25, 0.3) is 0 Å². The van der Waals surface area contributed by atoms with Crippen LogP contribution < -0.4 is 0 Å². The van der Waals surface area contributed by atoms with Gasteiger partial charge in [0, 0.05) is 31.3 Å². The molecule has 1 aromatic carbocycles. The van der Waals surface area contributed by atoms with Crippen molar-refractivity contribution in [3.05, 3.63) is 52.5 Å². The fourth-order valence-corrected chi connectivity index (χ4v) is 2.15. The minimum absolute atomic E-state index is 0.0735. The number of halogens is 1. The number of aromatic nitrogens is 2. The molecule has 0 aliphatic heterocycles. The molecule has 1 aromatic heterocycles. The molecule has 1 amide bonds. The van der Waals surface area contributed by atoms with E-state index in [-0.39, 0.29) is 5.91 Å². The lowest BCUT2D eigenvalue weighted by Gasteiger charge is -2.16. The molecule has 0 atom stereocenters. The van der Waals surface area contributed by atoms with E-state index in [1.807, 2.05) is 31.3 Å². The number of hydrogen-bond donors (Lipinski definition) is 0. The maximum absolute atomic E-state index is 12.1. The monoisotopic (exact) mass is 307 g/mol. The second kappa shape index (κ2) is 5.35. The van der Waals surface area contributed by atoms with E-state index in [2.05, 4.69) is 20.9 Å². The van der Waals surface area contributed by atoms with Crippen molar-refractivity contribution in [1.29, 1.82) is 0 Å². The second-order valence-corrected chi connectivity index (χ2v) is 5.13. The van der Waals surface area contributed by atoms with Gasteiger partial charge in [-0.15, -0.1) is 0 Å². The van der Waals surface area contributed by atoms with Crippen LogP contribution in [0.15, 0.2) is 41.3 Å². The van der Waals surface area contributed by atoms with Gasteiger partial charge in [0.15, 0.2) is 0 Å². The smallest absolute Gasteiger partial charge is 0.274 e. The highest BCUT2D eigenvalue weighted by molar-refractivity contribution is 9.10. The zero-order valence-corrected chi connectivity index (χ0v) is 11.9. The standard InChI is InChI=1S/C13H14BrN3O/c1-16-8-12(15-9-16)13(18)17(2)7-10-4-3-5-11(14)6-10/h3-6,8-9H,7H2,1-2H3. The van der Waals surface area contributed by atoms with Gasteiger partial charge in [-0.1, -0.05) is 28.1 Å². The van der Waals surface area contributed by atoms with Crippen molar-refractivity contribution in [1.82, 2.24) is 14.5 Å². The van der Waals surface area contributed by atoms with E-state index >= 15 is 0 Å². The van der Waals surface area contributed by atoms with Crippen molar-refractivity contribution in [2.45, 2.75) is 6.54 Å². The van der Waals surface area contributed by atoms with Crippen molar-refractivity contribution < 1.29 is 4.79 Å². The van der Waals surface area contributed by atoms with Gasteiger partial charge in [0.2, 0.25) is 0 Å². The van der Waals surface area contributed by atoms with Crippen LogP contribution in [0, 0.1) is 0 Å². The normalized spacial score (nSPS) is 10.4. The molecule has 18 heavy (non-hydrogen) atoms. The Morgan fingerprint density at radius 3 is 2.89 bits per heavy atom. The fourth-order valence-electron chi connectivity index (χ4n) is 1.70. The van der Waals surface area contributed by atoms with Crippen LogP contribution in [0.2, 0.25) is 0 Å². The molecule has 0 saturated heterocycles. The average molecular weight is 308 g/mol. The van der Waals surface area contributed by atoms with Crippen LogP contribution in [0.4, 0.5) is 0 Å². The zero-order chi connectivity index (χ0) is 13.1. The van der Waals surface area contributed by atoms with Gasteiger partial charge in [-0.3, -0.25) is 4.79 Å². The Labute approximate surface area is 114 Å². The second-order valence-electron chi connectivity index (χ2n) is 4.22. The number of hydrogen-bond acceptors (Lipinski definition) is 2. The summed E-state index contributed by atoms with van der Waals surface area (Å²) in [6, 6.07) is 7.91. The molecule has 0 N–H and O–H groups in total. The van der Waals surface area contributed by atoms with Crippen molar-refractivity contribution in [3.8, 4) is 0 Å². The van der Waals surface area contributed by atoms with Crippen molar-refractivity contribution >= 4 is 21.8 Å². The number of imidazole rings is 1. The molecule has 0 spiro atoms. The van der Waals surface area contributed by atoms with E-state index < -0.39 is 0 Å². The maximum Gasteiger partial charge on any atom is 0.274 e. The number of amides is 1. The summed E-state index contributed by atoms with van der Waals surface area (Å²) < 4.78 is 2.78. The summed E-state index contributed by atoms with van der Waals surface area (Å²) in [4.78, 5) is 17.8. The molecule has 2 rings (SSSR count). The number of nitrogens with zero attached hydrogens (tertiary/aromatic N) is 3. The van der Waals surface area contributed by atoms with E-state index in [1.165, 1.54) is 0 Å². The third-order valence-corrected chi connectivity index (χ3v) is 3.07. The van der Waals surface area contributed by atoms with Gasteiger partial charge >= 0.3 is 0 Å². The van der Waals surface area contributed by atoms with Gasteiger partial charge < -0.3 is 9.47 Å². The number of carbonyl (C=O) groups is 1. The zero-order valence-electron chi connectivity index (χ0n) is 10.3. The van der Waals surface area contributed by atoms with Crippen LogP contribution in [-0.2, 0) is 13.6 Å². The van der Waals surface area contributed by atoms with E-state index in [4.69, 9.17) is 0 Å². The first-order valence-electron chi connectivity index (χ1n) is 5.54. The molecule has 0 aliphatic rings. The molecule has 94 valence electrons. The van der Waals surface area contributed by atoms with E-state index in [1.54, 1.807) is 29.0 Å². The Kier molecular flexibility index (Phi) is 3.81. The molecule has 0 unspecified atom stereocenters. The predicted molar refractivity (Wildman–Crippen MR) is 73.1 cm³/mol. The number of aryl methyl sites for hydroxylation is 1. The lowest BCUT2D eigenvalue weighted by molar-refractivity contribution is 0.0779. The largest absolute Gasteiger partial charge is 0.340 e. The van der Waals surface area contributed by atoms with E-state index in [9.17, 15) is 4.79 Å². The molecular weight excluding hydrogens is 294 g/mol. The van der Waals surface area contributed by atoms with Gasteiger partial charge in [0.1, 0.15) is 5.69 Å². The lowest BCUT2D eigenvalue weighted by atomic mass is 10.2. The highest BCUT2D eigenvalue weighted by Crippen LogP contribution is 2.13. The summed E-state index contributed by atoms with van der Waals surface area (Å²) in [5.74, 6) is -0.0735. The summed E-state index contributed by atoms with van der Waals surface area (Å²) in [5, 5.41) is 0. The van der Waals surface area contributed by atoms with E-state index in [0.29, 0.717) is 12.2 Å². The molecule has 0 aliphatic carbocycles. The van der Waals surface area contributed by atoms with Gasteiger partial charge in [-0.2, -0.15) is 0 Å². The van der Waals surface area contributed by atoms with Crippen LogP contribution in [0.3, 0.4) is 0 Å². The summed E-state index contributed by atoms with van der Waals surface area (Å²) in [6.45, 7) is 0.564. The minimum Gasteiger partial charge on any atom is -0.340 e. The topological polar surface area (TPSA) is 38.1 Å². The van der Waals surface area contributed by atoms with Gasteiger partial charge in [-0.25, -0.2) is 4.98 Å². The van der Waals surface area contributed by atoms with Gasteiger partial charge in [0.25, 0.3) is 5.91 Å². The molecule has 2 aromatic rings. The summed E-state index contributed by atoms with van der Waals surface area (Å²) >= 11 is 3.42. The molecule has 1 heterocycles. The minimum atomic E-state index is -0.0735. The first kappa shape index (κ1) is 12.8. The number of rotatable bonds is 3. The van der Waals surface area contributed by atoms with Crippen molar-refractivity contribution in [2.75, 3.05) is 7.05 Å². The van der Waals surface area contributed by atoms with Gasteiger partial charge in [-0.05, 0) is 17.7 Å². The third kappa shape index (κ3) is 2.98. The Morgan fingerprint density at radius 1 is 1.50 bits per heavy atom. The van der Waals surface area contributed by atoms with Gasteiger partial charge in [0.05, 0.1) is 6.33 Å². The Morgan fingerprint density at radius 2 is 2.28 bits per heavy atom. The van der Waals surface area contributed by atoms with Crippen LogP contribution >= 0.6 is 15.9 Å². The molecular formula is C13H14BrN3O. The first-order chi connectivity index (χ1) is 8.56. The number of carbonyl (C=O) groups excluding carboxylic acids is 1. The summed E-state index contributed by atoms with van der Waals surface area (Å²) in [5.41, 5.74) is 1.55. The van der Waals surface area contributed by atoms with Crippen molar-refractivity contribution in [3.63, 3.8) is 0 Å². The first-order valence-corrected chi connectivity index (χ1v) is 6.33. The highest BCUT2D eigenvalue weighted by Gasteiger charge is 2.14. The summed E-state index contributed by atoms with van der Waals surface area (Å²) in [7, 11) is 3.62. The Balaban J connectivity index is 2.08. The predicted octanol–water partition coefficient (Wildman–Crippen LogP) is 2.45. The molecule has 0 bridgehead atoms. The number of benzene rings is 1. The maximum atomic E-state index is 12.1. The van der Waals surface area contributed by atoms with Crippen LogP contribution in [0.5, 0.6) is 0 Å². The molecule has 5 heteroatoms.